The van der Waals surface area contributed by atoms with Crippen molar-refractivity contribution in [3.8, 4) is 11.5 Å². The average Bonchev–Trinajstić information content (AvgIpc) is 2.59. The Morgan fingerprint density at radius 1 is 1.09 bits per heavy atom. The predicted octanol–water partition coefficient (Wildman–Crippen LogP) is 2.69. The Balaban J connectivity index is 1.89. The van der Waals surface area contributed by atoms with Gasteiger partial charge in [0, 0.05) is 11.3 Å². The zero-order valence-corrected chi connectivity index (χ0v) is 13.0. The van der Waals surface area contributed by atoms with Crippen LogP contribution in [0.3, 0.4) is 0 Å². The highest BCUT2D eigenvalue weighted by Gasteiger charge is 2.07. The summed E-state index contributed by atoms with van der Waals surface area (Å²) in [6, 6.07) is 14.5. The number of nitrogens with one attached hydrogen (secondary N) is 1. The van der Waals surface area contributed by atoms with E-state index in [2.05, 4.69) is 10.5 Å². The zero-order chi connectivity index (χ0) is 16.5. The molecule has 6 heteroatoms. The van der Waals surface area contributed by atoms with E-state index >= 15 is 0 Å². The molecule has 0 aliphatic carbocycles. The Morgan fingerprint density at radius 2 is 1.87 bits per heavy atom. The fourth-order valence-electron chi connectivity index (χ4n) is 1.92. The van der Waals surface area contributed by atoms with Gasteiger partial charge in [-0.05, 0) is 24.3 Å². The van der Waals surface area contributed by atoms with E-state index in [1.165, 1.54) is 6.21 Å². The number of anilines is 1. The predicted molar refractivity (Wildman–Crippen MR) is 88.2 cm³/mol. The van der Waals surface area contributed by atoms with Crippen LogP contribution in [0.5, 0.6) is 11.5 Å². The van der Waals surface area contributed by atoms with E-state index in [0.717, 1.165) is 0 Å². The van der Waals surface area contributed by atoms with Crippen LogP contribution in [0.15, 0.2) is 53.7 Å². The molecular formula is C17H18N2O4. The molecule has 2 aromatic rings. The van der Waals surface area contributed by atoms with Gasteiger partial charge in [0.25, 0.3) is 5.91 Å². The molecule has 0 unspecified atom stereocenters. The summed E-state index contributed by atoms with van der Waals surface area (Å²) in [5.74, 6) is 0.861. The highest BCUT2D eigenvalue weighted by Crippen LogP contribution is 2.29. The highest BCUT2D eigenvalue weighted by atomic mass is 16.6. The number of rotatable bonds is 7. The number of ether oxygens (including phenoxy) is 2. The van der Waals surface area contributed by atoms with Crippen molar-refractivity contribution in [3.63, 3.8) is 0 Å². The molecule has 0 radical (unpaired) electrons. The lowest BCUT2D eigenvalue weighted by atomic mass is 10.2. The Kier molecular flexibility index (Phi) is 5.99. The first-order valence-corrected chi connectivity index (χ1v) is 6.96. The normalized spacial score (nSPS) is 10.3. The molecule has 23 heavy (non-hydrogen) atoms. The van der Waals surface area contributed by atoms with Crippen molar-refractivity contribution < 1.29 is 19.1 Å². The van der Waals surface area contributed by atoms with Crippen LogP contribution in [0, 0.1) is 0 Å². The molecule has 0 heterocycles. The molecular weight excluding hydrogens is 296 g/mol. The largest absolute Gasteiger partial charge is 0.493 e. The molecule has 0 fully saturated rings. The molecule has 0 aromatic heterocycles. The van der Waals surface area contributed by atoms with Crippen LogP contribution in [0.1, 0.15) is 5.56 Å². The van der Waals surface area contributed by atoms with Crippen LogP contribution in [-0.2, 0) is 9.63 Å². The summed E-state index contributed by atoms with van der Waals surface area (Å²) < 4.78 is 10.5. The van der Waals surface area contributed by atoms with Crippen LogP contribution < -0.4 is 14.8 Å². The SMILES string of the molecule is COc1cccc(/C=N\OCC(=O)Nc2ccccc2)c1OC. The molecule has 0 saturated carbocycles. The molecule has 0 spiro atoms. The van der Waals surface area contributed by atoms with E-state index in [1.54, 1.807) is 38.5 Å². The van der Waals surface area contributed by atoms with Gasteiger partial charge < -0.3 is 19.6 Å². The fraction of sp³-hybridized carbons (Fsp3) is 0.176. The van der Waals surface area contributed by atoms with E-state index in [4.69, 9.17) is 14.3 Å². The third-order valence-corrected chi connectivity index (χ3v) is 2.95. The summed E-state index contributed by atoms with van der Waals surface area (Å²) in [6.07, 6.45) is 1.47. The second-order valence-corrected chi connectivity index (χ2v) is 4.50. The van der Waals surface area contributed by atoms with E-state index in [9.17, 15) is 4.79 Å². The number of carbonyl (C=O) groups excluding carboxylic acids is 1. The molecule has 0 aliphatic rings. The van der Waals surface area contributed by atoms with Gasteiger partial charge in [-0.3, -0.25) is 4.79 Å². The van der Waals surface area contributed by atoms with Crippen molar-refractivity contribution in [1.82, 2.24) is 0 Å². The molecule has 0 bridgehead atoms. The number of hydrogen-bond acceptors (Lipinski definition) is 5. The summed E-state index contributed by atoms with van der Waals surface area (Å²) >= 11 is 0. The summed E-state index contributed by atoms with van der Waals surface area (Å²) in [5, 5.41) is 6.48. The van der Waals surface area contributed by atoms with Gasteiger partial charge in [0.1, 0.15) is 0 Å². The molecule has 2 aromatic carbocycles. The standard InChI is InChI=1S/C17H18N2O4/c1-21-15-10-6-7-13(17(15)22-2)11-18-23-12-16(20)19-14-8-4-3-5-9-14/h3-11H,12H2,1-2H3,(H,19,20)/b18-11-. The number of amides is 1. The number of carbonyl (C=O) groups is 1. The maximum absolute atomic E-state index is 11.7. The number of hydrogen-bond donors (Lipinski definition) is 1. The Hall–Kier alpha value is -3.02. The third-order valence-electron chi connectivity index (χ3n) is 2.95. The van der Waals surface area contributed by atoms with Gasteiger partial charge >= 0.3 is 0 Å². The third kappa shape index (κ3) is 4.74. The van der Waals surface area contributed by atoms with Gasteiger partial charge in [0.15, 0.2) is 18.1 Å². The van der Waals surface area contributed by atoms with E-state index < -0.39 is 0 Å². The van der Waals surface area contributed by atoms with Gasteiger partial charge in [-0.1, -0.05) is 29.4 Å². The first-order chi connectivity index (χ1) is 11.2. The molecule has 0 saturated heterocycles. The van der Waals surface area contributed by atoms with E-state index in [0.29, 0.717) is 22.7 Å². The molecule has 120 valence electrons. The second-order valence-electron chi connectivity index (χ2n) is 4.50. The van der Waals surface area contributed by atoms with Crippen molar-refractivity contribution in [2.24, 2.45) is 5.16 Å². The summed E-state index contributed by atoms with van der Waals surface area (Å²) in [6.45, 7) is -0.183. The maximum atomic E-state index is 11.7. The van der Waals surface area contributed by atoms with Gasteiger partial charge in [0.05, 0.1) is 20.4 Å². The highest BCUT2D eigenvalue weighted by molar-refractivity contribution is 5.91. The second kappa shape index (κ2) is 8.43. The van der Waals surface area contributed by atoms with Crippen molar-refractivity contribution in [2.45, 2.75) is 0 Å². The van der Waals surface area contributed by atoms with Gasteiger partial charge in [-0.2, -0.15) is 0 Å². The maximum Gasteiger partial charge on any atom is 0.265 e. The molecule has 1 N–H and O–H groups in total. The lowest BCUT2D eigenvalue weighted by molar-refractivity contribution is -0.120. The molecule has 1 amide bonds. The number of nitrogens with zero attached hydrogens (tertiary/aromatic N) is 1. The minimum atomic E-state index is -0.286. The van der Waals surface area contributed by atoms with E-state index in [1.807, 2.05) is 24.3 Å². The Labute approximate surface area is 134 Å². The van der Waals surface area contributed by atoms with Gasteiger partial charge in [0.2, 0.25) is 0 Å². The molecule has 0 atom stereocenters. The van der Waals surface area contributed by atoms with Gasteiger partial charge in [-0.15, -0.1) is 0 Å². The fourth-order valence-corrected chi connectivity index (χ4v) is 1.92. The van der Waals surface area contributed by atoms with Crippen LogP contribution in [0.25, 0.3) is 0 Å². The first-order valence-electron chi connectivity index (χ1n) is 6.96. The van der Waals surface area contributed by atoms with Crippen molar-refractivity contribution >= 4 is 17.8 Å². The van der Waals surface area contributed by atoms with Crippen LogP contribution in [-0.4, -0.2) is 32.9 Å². The minimum Gasteiger partial charge on any atom is -0.493 e. The van der Waals surface area contributed by atoms with Crippen molar-refractivity contribution in [2.75, 3.05) is 26.1 Å². The number of oxime groups is 1. The average molecular weight is 314 g/mol. The number of methoxy groups -OCH3 is 2. The lowest BCUT2D eigenvalue weighted by Gasteiger charge is -2.09. The van der Waals surface area contributed by atoms with Crippen LogP contribution in [0.4, 0.5) is 5.69 Å². The first kappa shape index (κ1) is 16.4. The molecule has 6 nitrogen and oxygen atoms in total. The minimum absolute atomic E-state index is 0.183. The summed E-state index contributed by atoms with van der Waals surface area (Å²) in [7, 11) is 3.10. The summed E-state index contributed by atoms with van der Waals surface area (Å²) in [5.41, 5.74) is 1.40. The van der Waals surface area contributed by atoms with Crippen molar-refractivity contribution in [1.29, 1.82) is 0 Å². The molecule has 2 rings (SSSR count). The summed E-state index contributed by atoms with van der Waals surface area (Å²) in [4.78, 5) is 16.7. The lowest BCUT2D eigenvalue weighted by Crippen LogP contribution is -2.16. The van der Waals surface area contributed by atoms with Crippen molar-refractivity contribution in [3.05, 3.63) is 54.1 Å². The van der Waals surface area contributed by atoms with Gasteiger partial charge in [-0.25, -0.2) is 0 Å². The monoisotopic (exact) mass is 314 g/mol. The van der Waals surface area contributed by atoms with Crippen LogP contribution in [0.2, 0.25) is 0 Å². The Bertz CT molecular complexity index is 672. The topological polar surface area (TPSA) is 69.2 Å². The zero-order valence-electron chi connectivity index (χ0n) is 13.0. The number of para-hydroxylation sites is 2. The molecule has 0 aliphatic heterocycles. The quantitative estimate of drug-likeness (QED) is 0.630. The Morgan fingerprint density at radius 3 is 2.57 bits per heavy atom. The number of benzene rings is 2. The van der Waals surface area contributed by atoms with Crippen LogP contribution >= 0.6 is 0 Å². The van der Waals surface area contributed by atoms with E-state index in [-0.39, 0.29) is 12.5 Å². The smallest absolute Gasteiger partial charge is 0.265 e.